The summed E-state index contributed by atoms with van der Waals surface area (Å²) in [5.74, 6) is 1.60. The quantitative estimate of drug-likeness (QED) is 0.875. The number of hydrogen-bond donors (Lipinski definition) is 1. The minimum absolute atomic E-state index is 0.00624. The molecule has 0 bridgehead atoms. The summed E-state index contributed by atoms with van der Waals surface area (Å²) >= 11 is 0. The minimum Gasteiger partial charge on any atom is -0.371 e. The van der Waals surface area contributed by atoms with Crippen LogP contribution in [0.5, 0.6) is 0 Å². The van der Waals surface area contributed by atoms with Crippen LogP contribution in [0.3, 0.4) is 0 Å². The van der Waals surface area contributed by atoms with Gasteiger partial charge in [-0.05, 0) is 70.9 Å². The molecule has 0 aromatic carbocycles. The Morgan fingerprint density at radius 1 is 1.29 bits per heavy atom. The van der Waals surface area contributed by atoms with E-state index in [1.54, 1.807) is 0 Å². The first kappa shape index (κ1) is 14.9. The Morgan fingerprint density at radius 3 is 2.81 bits per heavy atom. The van der Waals surface area contributed by atoms with Gasteiger partial charge >= 0.3 is 0 Å². The molecule has 1 N–H and O–H groups in total. The van der Waals surface area contributed by atoms with Gasteiger partial charge in [0.15, 0.2) is 5.82 Å². The van der Waals surface area contributed by atoms with Crippen LogP contribution in [-0.4, -0.2) is 29.2 Å². The standard InChI is InChI=1S/C17H27N3O/c1-4-21-12(3)17-19-11(2)15-9-13(5-8-16(15)20-17)10-18-14-6-7-14/h12-14,18H,4-10H2,1-3H3. The van der Waals surface area contributed by atoms with Crippen LogP contribution in [0.15, 0.2) is 0 Å². The van der Waals surface area contributed by atoms with Gasteiger partial charge in [0, 0.05) is 24.0 Å². The third kappa shape index (κ3) is 3.61. The van der Waals surface area contributed by atoms with Crippen LogP contribution in [0, 0.1) is 12.8 Å². The second-order valence-electron chi connectivity index (χ2n) is 6.48. The molecule has 1 aromatic rings. The fourth-order valence-electron chi connectivity index (χ4n) is 3.18. The number of nitrogens with one attached hydrogen (secondary N) is 1. The number of fused-ring (bicyclic) bond motifs is 1. The first-order chi connectivity index (χ1) is 10.2. The normalized spacial score (nSPS) is 22.9. The van der Waals surface area contributed by atoms with E-state index in [9.17, 15) is 0 Å². The second kappa shape index (κ2) is 6.41. The molecule has 1 heterocycles. The first-order valence-electron chi connectivity index (χ1n) is 8.38. The topological polar surface area (TPSA) is 47.0 Å². The molecule has 1 aromatic heterocycles. The molecule has 2 unspecified atom stereocenters. The summed E-state index contributed by atoms with van der Waals surface area (Å²) < 4.78 is 5.63. The van der Waals surface area contributed by atoms with E-state index in [-0.39, 0.29) is 6.10 Å². The molecule has 4 nitrogen and oxygen atoms in total. The van der Waals surface area contributed by atoms with Crippen LogP contribution in [0.2, 0.25) is 0 Å². The van der Waals surface area contributed by atoms with Crippen LogP contribution in [0.4, 0.5) is 0 Å². The number of aromatic nitrogens is 2. The second-order valence-corrected chi connectivity index (χ2v) is 6.48. The predicted octanol–water partition coefficient (Wildman–Crippen LogP) is 2.74. The van der Waals surface area contributed by atoms with Crippen molar-refractivity contribution in [3.8, 4) is 0 Å². The van der Waals surface area contributed by atoms with E-state index < -0.39 is 0 Å². The SMILES string of the molecule is CCOC(C)c1nc(C)c2c(n1)CCC(CNC1CC1)C2. The smallest absolute Gasteiger partial charge is 0.157 e. The Labute approximate surface area is 127 Å². The van der Waals surface area contributed by atoms with E-state index >= 15 is 0 Å². The molecule has 0 amide bonds. The molecule has 0 spiro atoms. The van der Waals surface area contributed by atoms with E-state index in [0.717, 1.165) is 42.9 Å². The van der Waals surface area contributed by atoms with Gasteiger partial charge in [-0.3, -0.25) is 0 Å². The van der Waals surface area contributed by atoms with Crippen molar-refractivity contribution >= 4 is 0 Å². The average Bonchev–Trinajstić information content (AvgIpc) is 3.29. The Hall–Kier alpha value is -1.00. The van der Waals surface area contributed by atoms with E-state index in [0.29, 0.717) is 6.61 Å². The van der Waals surface area contributed by atoms with Crippen LogP contribution in [-0.2, 0) is 17.6 Å². The minimum atomic E-state index is -0.00624. The first-order valence-corrected chi connectivity index (χ1v) is 8.38. The van der Waals surface area contributed by atoms with Gasteiger partial charge in [0.1, 0.15) is 6.10 Å². The fraction of sp³-hybridized carbons (Fsp3) is 0.765. The lowest BCUT2D eigenvalue weighted by Gasteiger charge is -2.26. The average molecular weight is 289 g/mol. The lowest BCUT2D eigenvalue weighted by atomic mass is 9.85. The van der Waals surface area contributed by atoms with Crippen LogP contribution in [0.25, 0.3) is 0 Å². The van der Waals surface area contributed by atoms with E-state index in [1.807, 2.05) is 13.8 Å². The zero-order valence-corrected chi connectivity index (χ0v) is 13.5. The summed E-state index contributed by atoms with van der Waals surface area (Å²) in [5, 5.41) is 3.66. The molecule has 3 rings (SSSR count). The van der Waals surface area contributed by atoms with Gasteiger partial charge in [-0.25, -0.2) is 9.97 Å². The summed E-state index contributed by atoms with van der Waals surface area (Å²) in [5.41, 5.74) is 3.79. The Bertz CT molecular complexity index is 499. The highest BCUT2D eigenvalue weighted by Crippen LogP contribution is 2.28. The maximum atomic E-state index is 5.63. The Kier molecular flexibility index (Phi) is 4.55. The van der Waals surface area contributed by atoms with Gasteiger partial charge < -0.3 is 10.1 Å². The van der Waals surface area contributed by atoms with Gasteiger partial charge in [0.2, 0.25) is 0 Å². The zero-order chi connectivity index (χ0) is 14.8. The van der Waals surface area contributed by atoms with Gasteiger partial charge in [0.25, 0.3) is 0 Å². The highest BCUT2D eigenvalue weighted by atomic mass is 16.5. The largest absolute Gasteiger partial charge is 0.371 e. The lowest BCUT2D eigenvalue weighted by Crippen LogP contribution is -2.30. The van der Waals surface area contributed by atoms with Crippen LogP contribution in [0.1, 0.15) is 62.0 Å². The van der Waals surface area contributed by atoms with Gasteiger partial charge in [-0.2, -0.15) is 0 Å². The summed E-state index contributed by atoms with van der Waals surface area (Å²) in [4.78, 5) is 9.47. The molecule has 2 aliphatic rings. The molecule has 0 aliphatic heterocycles. The monoisotopic (exact) mass is 289 g/mol. The highest BCUT2D eigenvalue weighted by molar-refractivity contribution is 5.28. The van der Waals surface area contributed by atoms with Crippen molar-refractivity contribution in [3.63, 3.8) is 0 Å². The number of ether oxygens (including phenoxy) is 1. The van der Waals surface area contributed by atoms with Gasteiger partial charge in [-0.15, -0.1) is 0 Å². The molecule has 0 radical (unpaired) electrons. The molecule has 2 atom stereocenters. The number of rotatable bonds is 6. The Balaban J connectivity index is 1.70. The van der Waals surface area contributed by atoms with Crippen molar-refractivity contribution in [2.75, 3.05) is 13.2 Å². The third-order valence-electron chi connectivity index (χ3n) is 4.65. The van der Waals surface area contributed by atoms with Crippen LogP contribution < -0.4 is 5.32 Å². The summed E-state index contributed by atoms with van der Waals surface area (Å²) in [7, 11) is 0. The number of nitrogens with zero attached hydrogens (tertiary/aromatic N) is 2. The maximum absolute atomic E-state index is 5.63. The molecular formula is C17H27N3O. The van der Waals surface area contributed by atoms with Crippen molar-refractivity contribution < 1.29 is 4.74 Å². The van der Waals surface area contributed by atoms with Crippen molar-refractivity contribution in [1.29, 1.82) is 0 Å². The Morgan fingerprint density at radius 2 is 2.10 bits per heavy atom. The zero-order valence-electron chi connectivity index (χ0n) is 13.5. The van der Waals surface area contributed by atoms with Gasteiger partial charge in [-0.1, -0.05) is 0 Å². The van der Waals surface area contributed by atoms with Gasteiger partial charge in [0.05, 0.1) is 0 Å². The van der Waals surface area contributed by atoms with E-state index in [1.165, 1.54) is 30.5 Å². The lowest BCUT2D eigenvalue weighted by molar-refractivity contribution is 0.0696. The molecule has 1 fully saturated rings. The third-order valence-corrected chi connectivity index (χ3v) is 4.65. The van der Waals surface area contributed by atoms with Crippen molar-refractivity contribution in [1.82, 2.24) is 15.3 Å². The molecule has 2 aliphatic carbocycles. The molecule has 4 heteroatoms. The molecule has 0 saturated heterocycles. The summed E-state index contributed by atoms with van der Waals surface area (Å²) in [6, 6.07) is 0.804. The number of hydrogen-bond acceptors (Lipinski definition) is 4. The van der Waals surface area contributed by atoms with Crippen molar-refractivity contribution in [2.45, 2.75) is 65.0 Å². The maximum Gasteiger partial charge on any atom is 0.157 e. The predicted molar refractivity (Wildman–Crippen MR) is 83.3 cm³/mol. The van der Waals surface area contributed by atoms with E-state index in [4.69, 9.17) is 14.7 Å². The summed E-state index contributed by atoms with van der Waals surface area (Å²) in [6.45, 7) is 8.03. The van der Waals surface area contributed by atoms with Crippen LogP contribution >= 0.6 is 0 Å². The van der Waals surface area contributed by atoms with Crippen molar-refractivity contribution in [3.05, 3.63) is 22.8 Å². The molecule has 116 valence electrons. The summed E-state index contributed by atoms with van der Waals surface area (Å²) in [6.07, 6.45) is 6.18. The molecule has 21 heavy (non-hydrogen) atoms. The molecule has 1 saturated carbocycles. The van der Waals surface area contributed by atoms with E-state index in [2.05, 4.69) is 12.2 Å². The number of aryl methyl sites for hydroxylation is 2. The highest BCUT2D eigenvalue weighted by Gasteiger charge is 2.26. The fourth-order valence-corrected chi connectivity index (χ4v) is 3.18. The van der Waals surface area contributed by atoms with Crippen molar-refractivity contribution in [2.24, 2.45) is 5.92 Å². The molecular weight excluding hydrogens is 262 g/mol.